The van der Waals surface area contributed by atoms with Crippen molar-refractivity contribution in [2.75, 3.05) is 16.8 Å². The van der Waals surface area contributed by atoms with Crippen molar-refractivity contribution in [3.8, 4) is 0 Å². The Morgan fingerprint density at radius 1 is 0.971 bits per heavy atom. The third kappa shape index (κ3) is 5.40. The lowest BCUT2D eigenvalue weighted by atomic mass is 9.95. The van der Waals surface area contributed by atoms with Gasteiger partial charge in [0.2, 0.25) is 11.8 Å². The van der Waals surface area contributed by atoms with Gasteiger partial charge >= 0.3 is 6.18 Å². The largest absolute Gasteiger partial charge is 0.416 e. The maximum Gasteiger partial charge on any atom is 0.416 e. The summed E-state index contributed by atoms with van der Waals surface area (Å²) in [6.45, 7) is -0.0393. The number of alkyl halides is 3. The van der Waals surface area contributed by atoms with E-state index in [4.69, 9.17) is 0 Å². The first kappa shape index (κ1) is 23.8. The molecule has 1 aliphatic heterocycles. The molecule has 4 rings (SSSR count). The summed E-state index contributed by atoms with van der Waals surface area (Å²) < 4.78 is 39.2. The first-order chi connectivity index (χ1) is 16.2. The van der Waals surface area contributed by atoms with Crippen molar-refractivity contribution in [1.82, 2.24) is 5.32 Å². The van der Waals surface area contributed by atoms with Crippen molar-refractivity contribution in [3.63, 3.8) is 0 Å². The van der Waals surface area contributed by atoms with E-state index in [-0.39, 0.29) is 30.6 Å². The second-order valence-electron chi connectivity index (χ2n) is 8.80. The standard InChI is InChI=1S/C25H26F3N3O3/c26-25(27,28)17-7-6-10-19(14-17)31-15-16(13-22(31)32)23(33)30-21-12-5-4-11-20(21)24(34)29-18-8-2-1-3-9-18/h4-7,10-12,14,16,18H,1-3,8-9,13,15H2,(H,29,34)(H,30,33)/t16-/m1/s1. The summed E-state index contributed by atoms with van der Waals surface area (Å²) in [5.41, 5.74) is -0.0859. The van der Waals surface area contributed by atoms with Crippen LogP contribution >= 0.6 is 0 Å². The first-order valence-electron chi connectivity index (χ1n) is 11.4. The highest BCUT2D eigenvalue weighted by Crippen LogP contribution is 2.33. The molecule has 2 fully saturated rings. The zero-order valence-electron chi connectivity index (χ0n) is 18.5. The number of amides is 3. The Morgan fingerprint density at radius 2 is 1.71 bits per heavy atom. The van der Waals surface area contributed by atoms with E-state index in [1.165, 1.54) is 17.0 Å². The third-order valence-electron chi connectivity index (χ3n) is 6.35. The van der Waals surface area contributed by atoms with Gasteiger partial charge in [0.1, 0.15) is 0 Å². The fourth-order valence-corrected chi connectivity index (χ4v) is 4.52. The molecule has 2 aliphatic rings. The predicted octanol–water partition coefficient (Wildman–Crippen LogP) is 4.76. The Kier molecular flexibility index (Phi) is 6.90. The van der Waals surface area contributed by atoms with Crippen molar-refractivity contribution >= 4 is 29.1 Å². The average molecular weight is 473 g/mol. The summed E-state index contributed by atoms with van der Waals surface area (Å²) in [7, 11) is 0. The van der Waals surface area contributed by atoms with Crippen LogP contribution in [0.25, 0.3) is 0 Å². The molecule has 2 aromatic carbocycles. The van der Waals surface area contributed by atoms with E-state index in [1.54, 1.807) is 24.3 Å². The first-order valence-corrected chi connectivity index (χ1v) is 11.4. The molecule has 0 unspecified atom stereocenters. The molecule has 1 heterocycles. The lowest BCUT2D eigenvalue weighted by Crippen LogP contribution is -2.36. The summed E-state index contributed by atoms with van der Waals surface area (Å²) >= 11 is 0. The number of rotatable bonds is 5. The van der Waals surface area contributed by atoms with Gasteiger partial charge in [0.15, 0.2) is 0 Å². The molecule has 6 nitrogen and oxygen atoms in total. The van der Waals surface area contributed by atoms with Gasteiger partial charge in [0, 0.05) is 24.7 Å². The van der Waals surface area contributed by atoms with Crippen LogP contribution in [-0.4, -0.2) is 30.3 Å². The Balaban J connectivity index is 1.44. The lowest BCUT2D eigenvalue weighted by molar-refractivity contribution is -0.137. The van der Waals surface area contributed by atoms with Crippen LogP contribution in [0.15, 0.2) is 48.5 Å². The predicted molar refractivity (Wildman–Crippen MR) is 121 cm³/mol. The highest BCUT2D eigenvalue weighted by molar-refractivity contribution is 6.07. The Labute approximate surface area is 195 Å². The molecule has 0 aromatic heterocycles. The van der Waals surface area contributed by atoms with E-state index in [0.717, 1.165) is 44.2 Å². The monoisotopic (exact) mass is 473 g/mol. The molecule has 1 aliphatic carbocycles. The minimum atomic E-state index is -4.53. The second-order valence-corrected chi connectivity index (χ2v) is 8.80. The number of nitrogens with zero attached hydrogens (tertiary/aromatic N) is 1. The summed E-state index contributed by atoms with van der Waals surface area (Å²) in [6, 6.07) is 11.3. The van der Waals surface area contributed by atoms with Crippen LogP contribution in [0.2, 0.25) is 0 Å². The van der Waals surface area contributed by atoms with Gasteiger partial charge in [-0.3, -0.25) is 14.4 Å². The van der Waals surface area contributed by atoms with Crippen molar-refractivity contribution in [3.05, 3.63) is 59.7 Å². The normalized spacial score (nSPS) is 19.2. The molecule has 9 heteroatoms. The van der Waals surface area contributed by atoms with Gasteiger partial charge < -0.3 is 15.5 Å². The molecule has 0 radical (unpaired) electrons. The molecule has 1 saturated heterocycles. The van der Waals surface area contributed by atoms with Crippen LogP contribution in [0.5, 0.6) is 0 Å². The third-order valence-corrected chi connectivity index (χ3v) is 6.35. The maximum atomic E-state index is 13.1. The fraction of sp³-hybridized carbons (Fsp3) is 0.400. The highest BCUT2D eigenvalue weighted by Gasteiger charge is 2.37. The second kappa shape index (κ2) is 9.87. The minimum Gasteiger partial charge on any atom is -0.349 e. The molecule has 2 N–H and O–H groups in total. The number of hydrogen-bond acceptors (Lipinski definition) is 3. The zero-order valence-corrected chi connectivity index (χ0v) is 18.5. The molecule has 1 saturated carbocycles. The zero-order chi connectivity index (χ0) is 24.3. The van der Waals surface area contributed by atoms with Crippen molar-refractivity contribution in [2.24, 2.45) is 5.92 Å². The summed E-state index contributed by atoms with van der Waals surface area (Å²) in [4.78, 5) is 39.4. The fourth-order valence-electron chi connectivity index (χ4n) is 4.52. The number of benzene rings is 2. The summed E-state index contributed by atoms with van der Waals surface area (Å²) in [5, 5.41) is 5.77. The van der Waals surface area contributed by atoms with Crippen molar-refractivity contribution < 1.29 is 27.6 Å². The van der Waals surface area contributed by atoms with Crippen LogP contribution in [0.1, 0.15) is 54.4 Å². The Hall–Kier alpha value is -3.36. The van der Waals surface area contributed by atoms with Crippen LogP contribution in [0, 0.1) is 5.92 Å². The van der Waals surface area contributed by atoms with Gasteiger partial charge in [-0.2, -0.15) is 13.2 Å². The highest BCUT2D eigenvalue weighted by atomic mass is 19.4. The molecule has 2 aromatic rings. The number of anilines is 2. The van der Waals surface area contributed by atoms with E-state index in [9.17, 15) is 27.6 Å². The maximum absolute atomic E-state index is 13.1. The molecular formula is C25H26F3N3O3. The number of carbonyl (C=O) groups excluding carboxylic acids is 3. The van der Waals surface area contributed by atoms with Crippen LogP contribution < -0.4 is 15.5 Å². The molecule has 180 valence electrons. The SMILES string of the molecule is O=C(NC1CCCCC1)c1ccccc1NC(=O)[C@@H]1CC(=O)N(c2cccc(C(F)(F)F)c2)C1. The number of halogens is 3. The van der Waals surface area contributed by atoms with E-state index in [0.29, 0.717) is 11.3 Å². The van der Waals surface area contributed by atoms with E-state index in [2.05, 4.69) is 10.6 Å². The molecule has 0 spiro atoms. The Bertz CT molecular complexity index is 1080. The molecule has 0 bridgehead atoms. The number of nitrogens with one attached hydrogen (secondary N) is 2. The van der Waals surface area contributed by atoms with Gasteiger partial charge in [-0.15, -0.1) is 0 Å². The Morgan fingerprint density at radius 3 is 2.44 bits per heavy atom. The van der Waals surface area contributed by atoms with Crippen molar-refractivity contribution in [1.29, 1.82) is 0 Å². The molecule has 3 amide bonds. The van der Waals surface area contributed by atoms with Gasteiger partial charge in [-0.25, -0.2) is 0 Å². The van der Waals surface area contributed by atoms with Crippen LogP contribution in [-0.2, 0) is 15.8 Å². The molecule has 34 heavy (non-hydrogen) atoms. The average Bonchev–Trinajstić information content (AvgIpc) is 3.21. The number of para-hydroxylation sites is 1. The number of hydrogen-bond donors (Lipinski definition) is 2. The van der Waals surface area contributed by atoms with Gasteiger partial charge in [-0.1, -0.05) is 37.5 Å². The minimum absolute atomic E-state index is 0.0393. The number of carbonyl (C=O) groups is 3. The van der Waals surface area contributed by atoms with E-state index in [1.807, 2.05) is 0 Å². The summed E-state index contributed by atoms with van der Waals surface area (Å²) in [5.74, 6) is -1.91. The smallest absolute Gasteiger partial charge is 0.349 e. The van der Waals surface area contributed by atoms with Gasteiger partial charge in [0.05, 0.1) is 22.7 Å². The van der Waals surface area contributed by atoms with E-state index < -0.39 is 29.5 Å². The quantitative estimate of drug-likeness (QED) is 0.657. The van der Waals surface area contributed by atoms with Crippen molar-refractivity contribution in [2.45, 2.75) is 50.7 Å². The van der Waals surface area contributed by atoms with Gasteiger partial charge in [0.25, 0.3) is 5.91 Å². The molecular weight excluding hydrogens is 447 g/mol. The van der Waals surface area contributed by atoms with E-state index >= 15 is 0 Å². The summed E-state index contributed by atoms with van der Waals surface area (Å²) in [6.07, 6.45) is 0.501. The molecule has 1 atom stereocenters. The van der Waals surface area contributed by atoms with Crippen LogP contribution in [0.4, 0.5) is 24.5 Å². The van der Waals surface area contributed by atoms with Gasteiger partial charge in [-0.05, 0) is 43.2 Å². The lowest BCUT2D eigenvalue weighted by Gasteiger charge is -2.23. The topological polar surface area (TPSA) is 78.5 Å². The van der Waals surface area contributed by atoms with Crippen LogP contribution in [0.3, 0.4) is 0 Å².